The van der Waals surface area contributed by atoms with Gasteiger partial charge in [-0.05, 0) is 67.8 Å². The predicted molar refractivity (Wildman–Crippen MR) is 126 cm³/mol. The van der Waals surface area contributed by atoms with Gasteiger partial charge in [0, 0.05) is 12.2 Å². The van der Waals surface area contributed by atoms with Crippen LogP contribution in [0.5, 0.6) is 0 Å². The molecule has 0 N–H and O–H groups in total. The molecule has 3 aromatic rings. The van der Waals surface area contributed by atoms with E-state index < -0.39 is 23.9 Å². The van der Waals surface area contributed by atoms with Gasteiger partial charge in [-0.3, -0.25) is 14.4 Å². The molecular weight excluding hydrogens is 432 g/mol. The highest BCUT2D eigenvalue weighted by Gasteiger charge is 2.36. The summed E-state index contributed by atoms with van der Waals surface area (Å²) in [4.78, 5) is 53.8. The van der Waals surface area contributed by atoms with E-state index in [4.69, 9.17) is 4.74 Å². The molecule has 34 heavy (non-hydrogen) atoms. The number of anilines is 2. The number of hydrogen-bond acceptors (Lipinski definition) is 5. The van der Waals surface area contributed by atoms with Gasteiger partial charge in [-0.2, -0.15) is 0 Å². The van der Waals surface area contributed by atoms with Crippen LogP contribution in [0.15, 0.2) is 72.8 Å². The van der Waals surface area contributed by atoms with Gasteiger partial charge in [0.1, 0.15) is 0 Å². The lowest BCUT2D eigenvalue weighted by Crippen LogP contribution is -2.42. The Morgan fingerprint density at radius 2 is 1.47 bits per heavy atom. The average Bonchev–Trinajstić information content (AvgIpc) is 3.13. The maximum atomic E-state index is 13.0. The van der Waals surface area contributed by atoms with Crippen molar-refractivity contribution >= 4 is 35.1 Å². The van der Waals surface area contributed by atoms with E-state index in [0.717, 1.165) is 29.0 Å². The summed E-state index contributed by atoms with van der Waals surface area (Å²) in [5, 5.41) is 0. The van der Waals surface area contributed by atoms with Gasteiger partial charge < -0.3 is 9.64 Å². The first kappa shape index (κ1) is 21.6. The molecule has 3 aromatic carbocycles. The number of esters is 1. The van der Waals surface area contributed by atoms with Crippen molar-refractivity contribution in [1.29, 1.82) is 0 Å². The van der Waals surface area contributed by atoms with Crippen molar-refractivity contribution in [2.24, 2.45) is 0 Å². The Kier molecular flexibility index (Phi) is 5.45. The molecule has 0 fully saturated rings. The van der Waals surface area contributed by atoms with Crippen LogP contribution in [0.3, 0.4) is 0 Å². The monoisotopic (exact) mass is 454 g/mol. The molecule has 2 heterocycles. The minimum Gasteiger partial charge on any atom is -0.449 e. The average molecular weight is 454 g/mol. The van der Waals surface area contributed by atoms with Crippen LogP contribution in [-0.4, -0.2) is 36.3 Å². The summed E-state index contributed by atoms with van der Waals surface area (Å²) in [7, 11) is 0. The molecule has 2 aliphatic rings. The SMILES string of the molecule is CC(OC(=O)c1ccc(N2C(=O)c3ccccc3C2=O)cc1)C(=O)N1CCCc2ccccc21. The Morgan fingerprint density at radius 3 is 2.15 bits per heavy atom. The van der Waals surface area contributed by atoms with Gasteiger partial charge in [0.25, 0.3) is 17.7 Å². The van der Waals surface area contributed by atoms with Gasteiger partial charge in [0.15, 0.2) is 6.10 Å². The normalized spacial score (nSPS) is 15.6. The lowest BCUT2D eigenvalue weighted by Gasteiger charge is -2.31. The molecule has 1 unspecified atom stereocenters. The second-order valence-electron chi connectivity index (χ2n) is 8.31. The Balaban J connectivity index is 1.28. The fraction of sp³-hybridized carbons (Fsp3) is 0.185. The number of carbonyl (C=O) groups is 4. The summed E-state index contributed by atoms with van der Waals surface area (Å²) < 4.78 is 5.45. The first-order valence-electron chi connectivity index (χ1n) is 11.1. The van der Waals surface area contributed by atoms with Crippen molar-refractivity contribution in [1.82, 2.24) is 0 Å². The first-order chi connectivity index (χ1) is 16.5. The third kappa shape index (κ3) is 3.65. The molecule has 0 bridgehead atoms. The first-order valence-corrected chi connectivity index (χ1v) is 11.1. The Hall–Kier alpha value is -4.26. The quantitative estimate of drug-likeness (QED) is 0.439. The fourth-order valence-electron chi connectivity index (χ4n) is 4.43. The molecule has 0 aliphatic carbocycles. The highest BCUT2D eigenvalue weighted by atomic mass is 16.5. The van der Waals surface area contributed by atoms with Gasteiger partial charge in [-0.15, -0.1) is 0 Å². The maximum Gasteiger partial charge on any atom is 0.338 e. The van der Waals surface area contributed by atoms with Crippen LogP contribution in [0, 0.1) is 0 Å². The number of imide groups is 1. The molecule has 0 saturated heterocycles. The number of hydrogen-bond donors (Lipinski definition) is 0. The molecule has 7 nitrogen and oxygen atoms in total. The Bertz CT molecular complexity index is 1280. The third-order valence-corrected chi connectivity index (χ3v) is 6.16. The standard InChI is InChI=1S/C27H22N2O5/c1-17(24(30)28-16-6-8-18-7-2-5-11-23(18)28)34-27(33)19-12-14-20(15-13-19)29-25(31)21-9-3-4-10-22(21)26(29)32/h2-5,7,9-15,17H,6,8,16H2,1H3. The van der Waals surface area contributed by atoms with Crippen LogP contribution in [0.1, 0.15) is 50.0 Å². The summed E-state index contributed by atoms with van der Waals surface area (Å²) in [5.41, 5.74) is 3.23. The largest absolute Gasteiger partial charge is 0.449 e. The van der Waals surface area contributed by atoms with E-state index in [1.54, 1.807) is 36.1 Å². The molecule has 1 atom stereocenters. The highest BCUT2D eigenvalue weighted by Crippen LogP contribution is 2.29. The van der Waals surface area contributed by atoms with Gasteiger partial charge in [0.05, 0.1) is 22.4 Å². The number of aryl methyl sites for hydroxylation is 1. The van der Waals surface area contributed by atoms with Crippen molar-refractivity contribution in [3.8, 4) is 0 Å². The smallest absolute Gasteiger partial charge is 0.338 e. The summed E-state index contributed by atoms with van der Waals surface area (Å²) in [5.74, 6) is -1.74. The zero-order valence-electron chi connectivity index (χ0n) is 18.6. The molecule has 0 aromatic heterocycles. The lowest BCUT2D eigenvalue weighted by atomic mass is 10.0. The summed E-state index contributed by atoms with van der Waals surface area (Å²) in [6.07, 6.45) is 0.797. The van der Waals surface area contributed by atoms with Gasteiger partial charge in [-0.1, -0.05) is 30.3 Å². The molecule has 2 aliphatic heterocycles. The molecular formula is C27H22N2O5. The van der Waals surface area contributed by atoms with E-state index in [2.05, 4.69) is 0 Å². The summed E-state index contributed by atoms with van der Waals surface area (Å²) in [6.45, 7) is 2.14. The minimum atomic E-state index is -0.963. The van der Waals surface area contributed by atoms with Gasteiger partial charge in [-0.25, -0.2) is 9.69 Å². The second-order valence-corrected chi connectivity index (χ2v) is 8.31. The fourth-order valence-corrected chi connectivity index (χ4v) is 4.43. The van der Waals surface area contributed by atoms with E-state index in [9.17, 15) is 19.2 Å². The van der Waals surface area contributed by atoms with Crippen LogP contribution < -0.4 is 9.80 Å². The van der Waals surface area contributed by atoms with E-state index in [1.807, 2.05) is 24.3 Å². The van der Waals surface area contributed by atoms with Crippen molar-refractivity contribution in [2.45, 2.75) is 25.9 Å². The van der Waals surface area contributed by atoms with Gasteiger partial charge >= 0.3 is 5.97 Å². The predicted octanol–water partition coefficient (Wildman–Crippen LogP) is 4.01. The molecule has 0 spiro atoms. The van der Waals surface area contributed by atoms with E-state index >= 15 is 0 Å². The topological polar surface area (TPSA) is 84.0 Å². The van der Waals surface area contributed by atoms with Crippen molar-refractivity contribution < 1.29 is 23.9 Å². The Morgan fingerprint density at radius 1 is 0.853 bits per heavy atom. The molecule has 7 heteroatoms. The van der Waals surface area contributed by atoms with E-state index in [0.29, 0.717) is 23.4 Å². The van der Waals surface area contributed by atoms with Crippen LogP contribution in [0.4, 0.5) is 11.4 Å². The number of nitrogens with zero attached hydrogens (tertiary/aromatic N) is 2. The summed E-state index contributed by atoms with van der Waals surface area (Å²) in [6, 6.07) is 20.4. The van der Waals surface area contributed by atoms with Gasteiger partial charge in [0.2, 0.25) is 0 Å². The zero-order valence-corrected chi connectivity index (χ0v) is 18.6. The number of benzene rings is 3. The number of carbonyl (C=O) groups excluding carboxylic acids is 4. The number of fused-ring (bicyclic) bond motifs is 2. The molecule has 170 valence electrons. The van der Waals surface area contributed by atoms with Crippen molar-refractivity contribution in [2.75, 3.05) is 16.3 Å². The van der Waals surface area contributed by atoms with Crippen LogP contribution >= 0.6 is 0 Å². The Labute approximate surface area is 196 Å². The van der Waals surface area contributed by atoms with Crippen LogP contribution in [0.2, 0.25) is 0 Å². The van der Waals surface area contributed by atoms with Crippen molar-refractivity contribution in [3.05, 3.63) is 95.1 Å². The number of amides is 3. The number of rotatable bonds is 4. The van der Waals surface area contributed by atoms with E-state index in [1.165, 1.54) is 24.3 Å². The highest BCUT2D eigenvalue weighted by molar-refractivity contribution is 6.34. The number of ether oxygens (including phenoxy) is 1. The van der Waals surface area contributed by atoms with E-state index in [-0.39, 0.29) is 11.5 Å². The molecule has 3 amide bonds. The molecule has 0 radical (unpaired) electrons. The summed E-state index contributed by atoms with van der Waals surface area (Å²) >= 11 is 0. The van der Waals surface area contributed by atoms with Crippen molar-refractivity contribution in [3.63, 3.8) is 0 Å². The minimum absolute atomic E-state index is 0.221. The third-order valence-electron chi connectivity index (χ3n) is 6.16. The second kappa shape index (κ2) is 8.59. The maximum absolute atomic E-state index is 13.0. The lowest BCUT2D eigenvalue weighted by molar-refractivity contribution is -0.126. The zero-order chi connectivity index (χ0) is 23.8. The molecule has 5 rings (SSSR count). The van der Waals surface area contributed by atoms with Crippen LogP contribution in [-0.2, 0) is 16.0 Å². The van der Waals surface area contributed by atoms with Crippen LogP contribution in [0.25, 0.3) is 0 Å². The molecule has 0 saturated carbocycles. The number of para-hydroxylation sites is 1.